The van der Waals surface area contributed by atoms with E-state index in [4.69, 9.17) is 15.6 Å². The van der Waals surface area contributed by atoms with Gasteiger partial charge in [0.1, 0.15) is 24.4 Å². The SMILES string of the molecule is C[C@H](CC(=O)[C@H](C)NC(=O)[C@@H](N)CCCCCCCC1(O)O[C@H](CO)[C@H](O)[C@H](O)[C@H]1O)C(=O)O. The monoisotopic (exact) mass is 492 g/mol. The van der Waals surface area contributed by atoms with Crippen molar-refractivity contribution in [3.63, 3.8) is 0 Å². The Bertz CT molecular complexity index is 676. The molecule has 12 nitrogen and oxygen atoms in total. The van der Waals surface area contributed by atoms with Crippen LogP contribution in [-0.2, 0) is 19.1 Å². The number of ether oxygens (including phenoxy) is 1. The number of aliphatic hydroxyl groups excluding tert-OH is 4. The molecule has 34 heavy (non-hydrogen) atoms. The fourth-order valence-corrected chi connectivity index (χ4v) is 3.80. The molecule has 1 fully saturated rings. The minimum atomic E-state index is -2.07. The summed E-state index contributed by atoms with van der Waals surface area (Å²) in [6.45, 7) is 2.30. The predicted octanol–water partition coefficient (Wildman–Crippen LogP) is -1.61. The fraction of sp³-hybridized carbons (Fsp3) is 0.864. The highest BCUT2D eigenvalue weighted by Gasteiger charge is 2.51. The zero-order valence-electron chi connectivity index (χ0n) is 19.8. The Morgan fingerprint density at radius 2 is 1.62 bits per heavy atom. The molecule has 0 aromatic rings. The highest BCUT2D eigenvalue weighted by molar-refractivity contribution is 5.92. The van der Waals surface area contributed by atoms with Gasteiger partial charge in [-0.15, -0.1) is 0 Å². The Morgan fingerprint density at radius 3 is 2.21 bits per heavy atom. The Hall–Kier alpha value is -1.67. The van der Waals surface area contributed by atoms with Crippen molar-refractivity contribution in [3.8, 4) is 0 Å². The molecule has 1 heterocycles. The van der Waals surface area contributed by atoms with Gasteiger partial charge in [-0.1, -0.05) is 32.6 Å². The first-order chi connectivity index (χ1) is 15.8. The van der Waals surface area contributed by atoms with E-state index in [9.17, 15) is 39.9 Å². The number of amides is 1. The molecule has 198 valence electrons. The summed E-state index contributed by atoms with van der Waals surface area (Å²) in [5.74, 6) is -4.83. The van der Waals surface area contributed by atoms with Crippen LogP contribution in [0.25, 0.3) is 0 Å². The summed E-state index contributed by atoms with van der Waals surface area (Å²) >= 11 is 0. The Kier molecular flexibility index (Phi) is 12.5. The van der Waals surface area contributed by atoms with Crippen LogP contribution in [-0.4, -0.2) is 97.2 Å². The van der Waals surface area contributed by atoms with Gasteiger partial charge in [-0.25, -0.2) is 0 Å². The number of Topliss-reactive ketones (excluding diaryl/α,β-unsaturated/α-hetero) is 1. The van der Waals surface area contributed by atoms with E-state index in [1.807, 2.05) is 0 Å². The Labute approximate surface area is 199 Å². The molecule has 0 aromatic carbocycles. The van der Waals surface area contributed by atoms with Gasteiger partial charge in [0, 0.05) is 12.8 Å². The van der Waals surface area contributed by atoms with Gasteiger partial charge in [0.2, 0.25) is 5.91 Å². The first-order valence-corrected chi connectivity index (χ1v) is 11.7. The van der Waals surface area contributed by atoms with Gasteiger partial charge in [0.15, 0.2) is 11.6 Å². The molecule has 0 aliphatic carbocycles. The molecule has 0 radical (unpaired) electrons. The van der Waals surface area contributed by atoms with Crippen molar-refractivity contribution < 1.29 is 49.8 Å². The summed E-state index contributed by atoms with van der Waals surface area (Å²) in [5.41, 5.74) is 5.88. The van der Waals surface area contributed by atoms with Gasteiger partial charge in [-0.2, -0.15) is 0 Å². The molecule has 1 rings (SSSR count). The number of rotatable bonds is 15. The van der Waals surface area contributed by atoms with Crippen LogP contribution in [0.2, 0.25) is 0 Å². The molecule has 1 aliphatic rings. The number of nitrogens with one attached hydrogen (secondary N) is 1. The van der Waals surface area contributed by atoms with Crippen LogP contribution < -0.4 is 11.1 Å². The van der Waals surface area contributed by atoms with Crippen LogP contribution in [0.15, 0.2) is 0 Å². The average Bonchev–Trinajstić information content (AvgIpc) is 2.79. The van der Waals surface area contributed by atoms with E-state index in [0.29, 0.717) is 25.7 Å². The fourth-order valence-electron chi connectivity index (χ4n) is 3.80. The second-order valence-electron chi connectivity index (χ2n) is 9.16. The third-order valence-corrected chi connectivity index (χ3v) is 6.21. The molecule has 1 amide bonds. The first kappa shape index (κ1) is 30.4. The number of ketones is 1. The molecule has 1 saturated heterocycles. The first-order valence-electron chi connectivity index (χ1n) is 11.7. The molecule has 0 aromatic heterocycles. The number of aliphatic carboxylic acids is 1. The molecule has 1 unspecified atom stereocenters. The topological polar surface area (TPSA) is 220 Å². The maximum atomic E-state index is 12.2. The van der Waals surface area contributed by atoms with Crippen molar-refractivity contribution in [2.24, 2.45) is 11.7 Å². The van der Waals surface area contributed by atoms with Crippen LogP contribution in [0.3, 0.4) is 0 Å². The number of nitrogens with two attached hydrogens (primary N) is 1. The Morgan fingerprint density at radius 1 is 1.03 bits per heavy atom. The van der Waals surface area contributed by atoms with E-state index >= 15 is 0 Å². The zero-order valence-corrected chi connectivity index (χ0v) is 19.8. The van der Waals surface area contributed by atoms with Gasteiger partial charge in [0.25, 0.3) is 0 Å². The van der Waals surface area contributed by atoms with Gasteiger partial charge >= 0.3 is 5.97 Å². The van der Waals surface area contributed by atoms with Gasteiger partial charge in [0.05, 0.1) is 24.6 Å². The maximum absolute atomic E-state index is 12.2. The number of carboxylic acids is 1. The van der Waals surface area contributed by atoms with Crippen molar-refractivity contribution in [1.29, 1.82) is 0 Å². The highest BCUT2D eigenvalue weighted by atomic mass is 16.7. The van der Waals surface area contributed by atoms with Crippen LogP contribution in [0.1, 0.15) is 65.2 Å². The number of unbranched alkanes of at least 4 members (excludes halogenated alkanes) is 4. The number of carbonyl (C=O) groups excluding carboxylic acids is 2. The van der Waals surface area contributed by atoms with E-state index in [2.05, 4.69) is 5.32 Å². The zero-order chi connectivity index (χ0) is 26.1. The van der Waals surface area contributed by atoms with Crippen molar-refractivity contribution in [2.75, 3.05) is 6.61 Å². The summed E-state index contributed by atoms with van der Waals surface area (Å²) in [5, 5.41) is 60.7. The summed E-state index contributed by atoms with van der Waals surface area (Å²) in [6.07, 6.45) is -2.57. The maximum Gasteiger partial charge on any atom is 0.306 e. The second kappa shape index (κ2) is 14.0. The van der Waals surface area contributed by atoms with E-state index in [1.165, 1.54) is 13.8 Å². The quantitative estimate of drug-likeness (QED) is 0.122. The second-order valence-corrected chi connectivity index (χ2v) is 9.16. The van der Waals surface area contributed by atoms with Gasteiger partial charge in [-0.3, -0.25) is 14.4 Å². The minimum Gasteiger partial charge on any atom is -0.481 e. The van der Waals surface area contributed by atoms with Gasteiger partial charge in [-0.05, 0) is 19.8 Å². The average molecular weight is 493 g/mol. The molecule has 9 N–H and O–H groups in total. The lowest BCUT2D eigenvalue weighted by Crippen LogP contribution is -2.65. The predicted molar refractivity (Wildman–Crippen MR) is 119 cm³/mol. The van der Waals surface area contributed by atoms with Crippen molar-refractivity contribution >= 4 is 17.7 Å². The largest absolute Gasteiger partial charge is 0.481 e. The molecule has 0 saturated carbocycles. The van der Waals surface area contributed by atoms with Crippen molar-refractivity contribution in [2.45, 2.75) is 108 Å². The standard InChI is InChI=1S/C22H40N2O10/c1-12(21(31)32)10-15(26)13(2)24-20(30)14(23)8-6-4-3-5-7-9-22(33)19(29)18(28)17(27)16(11-25)34-22/h12-14,16-19,25,27-29,33H,3-11,23H2,1-2H3,(H,24,30)(H,31,32)/t12-,13+,14+,16-,17+,18+,19-,22?/m1/s1. The summed E-state index contributed by atoms with van der Waals surface area (Å²) in [7, 11) is 0. The lowest BCUT2D eigenvalue weighted by molar-refractivity contribution is -0.351. The van der Waals surface area contributed by atoms with E-state index in [-0.39, 0.29) is 18.6 Å². The van der Waals surface area contributed by atoms with Gasteiger partial charge < -0.3 is 46.4 Å². The smallest absolute Gasteiger partial charge is 0.306 e. The summed E-state index contributed by atoms with van der Waals surface area (Å²) < 4.78 is 5.22. The number of carbonyl (C=O) groups is 3. The van der Waals surface area contributed by atoms with Crippen LogP contribution in [0.4, 0.5) is 0 Å². The molecule has 8 atom stereocenters. The molecule has 1 aliphatic heterocycles. The summed E-state index contributed by atoms with van der Waals surface area (Å²) in [6, 6.07) is -1.63. The van der Waals surface area contributed by atoms with E-state index in [0.717, 1.165) is 12.8 Å². The third kappa shape index (κ3) is 8.84. The van der Waals surface area contributed by atoms with Crippen LogP contribution in [0, 0.1) is 5.92 Å². The lowest BCUT2D eigenvalue weighted by Gasteiger charge is -2.45. The molecule has 0 spiro atoms. The molecular weight excluding hydrogens is 452 g/mol. The van der Waals surface area contributed by atoms with E-state index in [1.54, 1.807) is 0 Å². The van der Waals surface area contributed by atoms with Crippen LogP contribution >= 0.6 is 0 Å². The number of aliphatic hydroxyl groups is 5. The van der Waals surface area contributed by atoms with Crippen molar-refractivity contribution in [3.05, 3.63) is 0 Å². The van der Waals surface area contributed by atoms with Crippen molar-refractivity contribution in [1.82, 2.24) is 5.32 Å². The highest BCUT2D eigenvalue weighted by Crippen LogP contribution is 2.32. The molecule has 12 heteroatoms. The third-order valence-electron chi connectivity index (χ3n) is 6.21. The summed E-state index contributed by atoms with van der Waals surface area (Å²) in [4.78, 5) is 35.0. The lowest BCUT2D eigenvalue weighted by atomic mass is 9.89. The van der Waals surface area contributed by atoms with Crippen LogP contribution in [0.5, 0.6) is 0 Å². The Balaban J connectivity index is 2.27. The normalized spacial score (nSPS) is 29.8. The number of hydrogen-bond acceptors (Lipinski definition) is 10. The number of hydrogen-bond donors (Lipinski definition) is 8. The molecular formula is C22H40N2O10. The van der Waals surface area contributed by atoms with E-state index < -0.39 is 66.7 Å². The minimum absolute atomic E-state index is 0.00276. The molecule has 0 bridgehead atoms. The number of carboxylic acid groups (broad SMARTS) is 1.